The van der Waals surface area contributed by atoms with Gasteiger partial charge in [0, 0.05) is 70.4 Å². The lowest BCUT2D eigenvalue weighted by atomic mass is 9.36. The largest absolute Gasteiger partial charge is 0.456 e. The summed E-state index contributed by atoms with van der Waals surface area (Å²) in [6.07, 6.45) is 0. The van der Waals surface area contributed by atoms with Crippen molar-refractivity contribution < 1.29 is 4.42 Å². The van der Waals surface area contributed by atoms with E-state index in [1.807, 2.05) is 22.7 Å². The first-order chi connectivity index (χ1) is 28.3. The lowest BCUT2D eigenvalue weighted by Crippen LogP contribution is -2.59. The molecule has 0 amide bonds. The minimum atomic E-state index is 0.0392. The molecule has 0 aliphatic carbocycles. The van der Waals surface area contributed by atoms with Gasteiger partial charge in [0.25, 0.3) is 6.71 Å². The maximum atomic E-state index is 6.86. The van der Waals surface area contributed by atoms with E-state index in [2.05, 4.69) is 172 Å². The quantitative estimate of drug-likeness (QED) is 0.164. The van der Waals surface area contributed by atoms with E-state index >= 15 is 0 Å². The molecule has 4 nitrogen and oxygen atoms in total. The van der Waals surface area contributed by atoms with Gasteiger partial charge in [-0.2, -0.15) is 0 Å². The summed E-state index contributed by atoms with van der Waals surface area (Å²) in [5, 5.41) is 8.79. The molecular weight excluding hydrogens is 734 g/mol. The van der Waals surface area contributed by atoms with E-state index in [4.69, 9.17) is 4.42 Å². The van der Waals surface area contributed by atoms with Gasteiger partial charge in [0.2, 0.25) is 0 Å². The second-order valence-electron chi connectivity index (χ2n) is 15.5. The number of fused-ring (bicyclic) bond motifs is 14. The fourth-order valence-corrected chi connectivity index (χ4v) is 13.2. The molecule has 57 heavy (non-hydrogen) atoms. The molecule has 3 aliphatic heterocycles. The van der Waals surface area contributed by atoms with Crippen LogP contribution in [0, 0.1) is 0 Å². The van der Waals surface area contributed by atoms with Gasteiger partial charge in [-0.1, -0.05) is 103 Å². The number of rotatable bonds is 2. The van der Waals surface area contributed by atoms with Crippen molar-refractivity contribution in [1.82, 2.24) is 4.57 Å². The standard InChI is InChI=1S/C50H26BN3OS2/c1-5-18-33-31(14-1)46-50-51-44-34(52(46)36-21-9-16-29-27-12-3-7-24-41(27)56-48(29)36)19-11-20-35(44)53(37-22-10-17-30-28-13-4-8-25-42(28)57-49(30)37)47-43-32-15-2-6-23-39(32)55-40(43)26-38(45(47)51)54(33)50/h1-26H. The molecule has 15 rings (SSSR count). The predicted octanol–water partition coefficient (Wildman–Crippen LogP) is 12.7. The lowest BCUT2D eigenvalue weighted by molar-refractivity contribution is 0.669. The summed E-state index contributed by atoms with van der Waals surface area (Å²) in [7, 11) is 0. The number of hydrogen-bond donors (Lipinski definition) is 0. The number of hydrogen-bond acceptors (Lipinski definition) is 5. The van der Waals surface area contributed by atoms with Crippen molar-refractivity contribution in [2.45, 2.75) is 0 Å². The van der Waals surface area contributed by atoms with Crippen molar-refractivity contribution >= 4 is 153 Å². The van der Waals surface area contributed by atoms with Gasteiger partial charge in [0.1, 0.15) is 11.2 Å². The van der Waals surface area contributed by atoms with Gasteiger partial charge in [-0.25, -0.2) is 0 Å². The zero-order valence-corrected chi connectivity index (χ0v) is 31.8. The second kappa shape index (κ2) is 10.1. The van der Waals surface area contributed by atoms with Crippen LogP contribution < -0.4 is 26.3 Å². The highest BCUT2D eigenvalue weighted by atomic mass is 32.1. The smallest absolute Gasteiger partial charge is 0.275 e. The Balaban J connectivity index is 1.15. The normalized spacial score (nSPS) is 13.9. The molecule has 0 spiro atoms. The van der Waals surface area contributed by atoms with E-state index in [9.17, 15) is 0 Å². The van der Waals surface area contributed by atoms with Crippen molar-refractivity contribution in [3.63, 3.8) is 0 Å². The molecule has 0 N–H and O–H groups in total. The number of nitrogens with zero attached hydrogens (tertiary/aromatic N) is 3. The first-order valence-corrected chi connectivity index (χ1v) is 21.1. The van der Waals surface area contributed by atoms with E-state index in [1.165, 1.54) is 113 Å². The van der Waals surface area contributed by atoms with Crippen LogP contribution in [0.25, 0.3) is 78.9 Å². The van der Waals surface area contributed by atoms with Crippen LogP contribution in [0.4, 0.5) is 34.1 Å². The van der Waals surface area contributed by atoms with Gasteiger partial charge >= 0.3 is 0 Å². The molecule has 3 aliphatic rings. The summed E-state index contributed by atoms with van der Waals surface area (Å²) in [4.78, 5) is 5.21. The molecule has 0 atom stereocenters. The van der Waals surface area contributed by atoms with Crippen LogP contribution in [-0.2, 0) is 0 Å². The van der Waals surface area contributed by atoms with Crippen LogP contribution in [0.5, 0.6) is 0 Å². The van der Waals surface area contributed by atoms with E-state index in [0.717, 1.165) is 16.6 Å². The van der Waals surface area contributed by atoms with Crippen LogP contribution >= 0.6 is 22.7 Å². The molecule has 0 saturated carbocycles. The molecule has 0 fully saturated rings. The van der Waals surface area contributed by atoms with Gasteiger partial charge in [0.05, 0.1) is 43.1 Å². The topological polar surface area (TPSA) is 24.6 Å². The maximum Gasteiger partial charge on any atom is 0.275 e. The lowest BCUT2D eigenvalue weighted by Gasteiger charge is -2.42. The minimum absolute atomic E-state index is 0.0392. The van der Waals surface area contributed by atoms with Crippen LogP contribution in [-0.4, -0.2) is 11.3 Å². The fraction of sp³-hybridized carbons (Fsp3) is 0. The molecule has 7 heterocycles. The number of benzene rings is 8. The zero-order valence-electron chi connectivity index (χ0n) is 30.2. The summed E-state index contributed by atoms with van der Waals surface area (Å²) >= 11 is 3.79. The number of thiophene rings is 2. The Morgan fingerprint density at radius 1 is 0.421 bits per heavy atom. The molecule has 12 aromatic rings. The van der Waals surface area contributed by atoms with Crippen molar-refractivity contribution in [2.75, 3.05) is 9.80 Å². The molecule has 0 radical (unpaired) electrons. The highest BCUT2D eigenvalue weighted by Crippen LogP contribution is 2.55. The van der Waals surface area contributed by atoms with Crippen LogP contribution in [0.1, 0.15) is 0 Å². The summed E-state index contributed by atoms with van der Waals surface area (Å²) in [5.41, 5.74) is 15.7. The Morgan fingerprint density at radius 2 is 0.965 bits per heavy atom. The third-order valence-electron chi connectivity index (χ3n) is 12.9. The second-order valence-corrected chi connectivity index (χ2v) is 17.6. The molecule has 0 unspecified atom stereocenters. The van der Waals surface area contributed by atoms with Crippen molar-refractivity contribution in [1.29, 1.82) is 0 Å². The number of anilines is 6. The Morgan fingerprint density at radius 3 is 1.67 bits per heavy atom. The molecule has 262 valence electrons. The minimum Gasteiger partial charge on any atom is -0.456 e. The van der Waals surface area contributed by atoms with E-state index < -0.39 is 0 Å². The Labute approximate surface area is 333 Å². The van der Waals surface area contributed by atoms with Gasteiger partial charge < -0.3 is 18.8 Å². The van der Waals surface area contributed by atoms with Gasteiger partial charge in [-0.15, -0.1) is 22.7 Å². The molecule has 0 bridgehead atoms. The molecule has 8 aromatic carbocycles. The Kier molecular flexibility index (Phi) is 5.24. The van der Waals surface area contributed by atoms with E-state index in [-0.39, 0.29) is 6.71 Å². The monoisotopic (exact) mass is 759 g/mol. The predicted molar refractivity (Wildman–Crippen MR) is 244 cm³/mol. The third kappa shape index (κ3) is 3.41. The highest BCUT2D eigenvalue weighted by molar-refractivity contribution is 7.27. The average molecular weight is 760 g/mol. The summed E-state index contributed by atoms with van der Waals surface area (Å²) in [6.45, 7) is 0.0392. The third-order valence-corrected chi connectivity index (χ3v) is 15.3. The Hall–Kier alpha value is -6.80. The van der Waals surface area contributed by atoms with Crippen molar-refractivity contribution in [2.24, 2.45) is 0 Å². The first-order valence-electron chi connectivity index (χ1n) is 19.5. The van der Waals surface area contributed by atoms with Crippen LogP contribution in [0.3, 0.4) is 0 Å². The molecular formula is C50H26BN3OS2. The van der Waals surface area contributed by atoms with Gasteiger partial charge in [-0.05, 0) is 59.5 Å². The van der Waals surface area contributed by atoms with Gasteiger partial charge in [0.15, 0.2) is 0 Å². The number of aromatic nitrogens is 1. The summed E-state index contributed by atoms with van der Waals surface area (Å²) in [5.74, 6) is 0. The molecule has 0 saturated heterocycles. The number of furan rings is 1. The van der Waals surface area contributed by atoms with Crippen molar-refractivity contribution in [3.05, 3.63) is 158 Å². The van der Waals surface area contributed by atoms with Crippen LogP contribution in [0.15, 0.2) is 162 Å². The summed E-state index contributed by atoms with van der Waals surface area (Å²) < 4.78 is 14.6. The Bertz CT molecular complexity index is 3810. The fourth-order valence-electron chi connectivity index (χ4n) is 10.8. The van der Waals surface area contributed by atoms with E-state index in [0.29, 0.717) is 0 Å². The average Bonchev–Trinajstić information content (AvgIpc) is 4.07. The molecule has 4 aromatic heterocycles. The highest BCUT2D eigenvalue weighted by Gasteiger charge is 2.52. The molecule has 7 heteroatoms. The van der Waals surface area contributed by atoms with Crippen molar-refractivity contribution in [3.8, 4) is 5.69 Å². The van der Waals surface area contributed by atoms with E-state index in [1.54, 1.807) is 0 Å². The zero-order chi connectivity index (χ0) is 36.7. The SMILES string of the molecule is c1cc2c3c(c1)N(c1cccc4c1sc1ccccc14)c1c4c(cc5oc6ccccc6c15)-n1c(c(c5ccccc51)N2c1cccc2c1sc1ccccc12)B34. The number of para-hydroxylation sites is 2. The summed E-state index contributed by atoms with van der Waals surface area (Å²) in [6, 6.07) is 58.4. The van der Waals surface area contributed by atoms with Gasteiger partial charge in [-0.3, -0.25) is 0 Å². The first kappa shape index (κ1) is 29.5. The maximum absolute atomic E-state index is 6.86. The van der Waals surface area contributed by atoms with Crippen LogP contribution in [0.2, 0.25) is 0 Å².